The molecule has 20 heavy (non-hydrogen) atoms. The third-order valence-corrected chi connectivity index (χ3v) is 7.41. The summed E-state index contributed by atoms with van der Waals surface area (Å²) in [5, 5.41) is 0. The van der Waals surface area contributed by atoms with Crippen LogP contribution >= 0.6 is 0 Å². The molecule has 1 fully saturated rings. The standard InChI is InChI=1S/C19H36O/c1-8-15-16(20)18(11-4,12-5)19(13-6,14-7)17(15,9-2)10-3/h15H,8-14H2,1-7H3. The predicted molar refractivity (Wildman–Crippen MR) is 87.8 cm³/mol. The molecule has 1 saturated carbocycles. The second-order valence-corrected chi connectivity index (χ2v) is 6.77. The summed E-state index contributed by atoms with van der Waals surface area (Å²) in [6.07, 6.45) is 7.65. The Morgan fingerprint density at radius 2 is 1.20 bits per heavy atom. The number of rotatable bonds is 7. The minimum Gasteiger partial charge on any atom is -0.299 e. The van der Waals surface area contributed by atoms with Crippen LogP contribution in [0.3, 0.4) is 0 Å². The van der Waals surface area contributed by atoms with E-state index in [1.165, 1.54) is 0 Å². The first kappa shape index (κ1) is 17.7. The third-order valence-electron chi connectivity index (χ3n) is 7.41. The lowest BCUT2D eigenvalue weighted by Crippen LogP contribution is -2.48. The number of carbonyl (C=O) groups is 1. The Kier molecular flexibility index (Phi) is 5.49. The highest BCUT2D eigenvalue weighted by Crippen LogP contribution is 2.72. The van der Waals surface area contributed by atoms with E-state index in [4.69, 9.17) is 0 Å². The molecule has 0 N–H and O–H groups in total. The molecular weight excluding hydrogens is 244 g/mol. The van der Waals surface area contributed by atoms with Gasteiger partial charge in [0.25, 0.3) is 0 Å². The SMILES string of the molecule is CCC1C(=O)C(CC)(CC)C(CC)(CC)C1(CC)CC. The van der Waals surface area contributed by atoms with Gasteiger partial charge >= 0.3 is 0 Å². The first-order valence-corrected chi connectivity index (χ1v) is 9.01. The van der Waals surface area contributed by atoms with E-state index in [2.05, 4.69) is 48.5 Å². The van der Waals surface area contributed by atoms with Gasteiger partial charge in [-0.05, 0) is 55.8 Å². The van der Waals surface area contributed by atoms with E-state index in [1.807, 2.05) is 0 Å². The van der Waals surface area contributed by atoms with Crippen molar-refractivity contribution in [3.8, 4) is 0 Å². The molecule has 0 saturated heterocycles. The van der Waals surface area contributed by atoms with E-state index in [9.17, 15) is 4.79 Å². The van der Waals surface area contributed by atoms with E-state index in [0.29, 0.717) is 5.78 Å². The molecule has 0 aromatic carbocycles. The summed E-state index contributed by atoms with van der Waals surface area (Å²) in [6.45, 7) is 16.0. The molecular formula is C19H36O. The number of hydrogen-bond acceptors (Lipinski definition) is 1. The zero-order valence-corrected chi connectivity index (χ0v) is 14.9. The first-order chi connectivity index (χ1) is 9.47. The van der Waals surface area contributed by atoms with Crippen molar-refractivity contribution in [1.82, 2.24) is 0 Å². The molecule has 0 amide bonds. The largest absolute Gasteiger partial charge is 0.299 e. The van der Waals surface area contributed by atoms with Gasteiger partial charge in [0.2, 0.25) is 0 Å². The van der Waals surface area contributed by atoms with Crippen LogP contribution in [0.25, 0.3) is 0 Å². The summed E-state index contributed by atoms with van der Waals surface area (Å²) in [7, 11) is 0. The fourth-order valence-electron chi connectivity index (χ4n) is 6.53. The average Bonchev–Trinajstić information content (AvgIpc) is 2.68. The van der Waals surface area contributed by atoms with E-state index in [0.717, 1.165) is 44.9 Å². The minimum absolute atomic E-state index is 0.0802. The van der Waals surface area contributed by atoms with Crippen LogP contribution in [0.1, 0.15) is 93.4 Å². The van der Waals surface area contributed by atoms with Crippen LogP contribution in [0.15, 0.2) is 0 Å². The summed E-state index contributed by atoms with van der Waals surface area (Å²) in [6, 6.07) is 0. The lowest BCUT2D eigenvalue weighted by atomic mass is 9.49. The van der Waals surface area contributed by atoms with Crippen molar-refractivity contribution in [1.29, 1.82) is 0 Å². The fourth-order valence-corrected chi connectivity index (χ4v) is 6.53. The predicted octanol–water partition coefficient (Wildman–Crippen LogP) is 6.01. The summed E-state index contributed by atoms with van der Waals surface area (Å²) in [5.41, 5.74) is 0.336. The maximum atomic E-state index is 13.4. The molecule has 1 atom stereocenters. The summed E-state index contributed by atoms with van der Waals surface area (Å²) in [4.78, 5) is 13.4. The van der Waals surface area contributed by atoms with Gasteiger partial charge in [-0.15, -0.1) is 0 Å². The second kappa shape index (κ2) is 6.20. The lowest BCUT2D eigenvalue weighted by molar-refractivity contribution is -0.134. The van der Waals surface area contributed by atoms with Crippen molar-refractivity contribution < 1.29 is 4.79 Å². The van der Waals surface area contributed by atoms with Crippen LogP contribution in [-0.2, 0) is 4.79 Å². The number of hydrogen-bond donors (Lipinski definition) is 0. The highest BCUT2D eigenvalue weighted by Gasteiger charge is 2.70. The van der Waals surface area contributed by atoms with Gasteiger partial charge in [-0.1, -0.05) is 48.5 Å². The molecule has 0 spiro atoms. The molecule has 1 heteroatoms. The smallest absolute Gasteiger partial charge is 0.143 e. The summed E-state index contributed by atoms with van der Waals surface area (Å²) in [5.74, 6) is 0.870. The Morgan fingerprint density at radius 1 is 0.750 bits per heavy atom. The van der Waals surface area contributed by atoms with Gasteiger partial charge in [0.05, 0.1) is 0 Å². The zero-order chi connectivity index (χ0) is 15.6. The topological polar surface area (TPSA) is 17.1 Å². The molecule has 1 aliphatic carbocycles. The maximum Gasteiger partial charge on any atom is 0.143 e. The minimum atomic E-state index is -0.0802. The molecule has 0 bridgehead atoms. The molecule has 118 valence electrons. The Balaban J connectivity index is 3.68. The van der Waals surface area contributed by atoms with E-state index >= 15 is 0 Å². The molecule has 0 radical (unpaired) electrons. The molecule has 1 nitrogen and oxygen atoms in total. The Bertz CT molecular complexity index is 330. The van der Waals surface area contributed by atoms with Crippen LogP contribution in [0.5, 0.6) is 0 Å². The second-order valence-electron chi connectivity index (χ2n) is 6.77. The first-order valence-electron chi connectivity index (χ1n) is 9.01. The van der Waals surface area contributed by atoms with Gasteiger partial charge in [-0.3, -0.25) is 4.79 Å². The Hall–Kier alpha value is -0.330. The van der Waals surface area contributed by atoms with Crippen LogP contribution in [0.2, 0.25) is 0 Å². The van der Waals surface area contributed by atoms with Gasteiger partial charge in [-0.2, -0.15) is 0 Å². The van der Waals surface area contributed by atoms with Gasteiger partial charge < -0.3 is 0 Å². The van der Waals surface area contributed by atoms with E-state index in [-0.39, 0.29) is 22.2 Å². The van der Waals surface area contributed by atoms with Crippen molar-refractivity contribution in [3.63, 3.8) is 0 Å². The van der Waals surface area contributed by atoms with Crippen LogP contribution in [-0.4, -0.2) is 5.78 Å². The van der Waals surface area contributed by atoms with Crippen molar-refractivity contribution in [2.45, 2.75) is 93.4 Å². The van der Waals surface area contributed by atoms with Crippen LogP contribution in [0.4, 0.5) is 0 Å². The van der Waals surface area contributed by atoms with Crippen molar-refractivity contribution in [2.24, 2.45) is 22.2 Å². The van der Waals surface area contributed by atoms with E-state index in [1.54, 1.807) is 0 Å². The van der Waals surface area contributed by atoms with Crippen LogP contribution < -0.4 is 0 Å². The molecule has 1 rings (SSSR count). The van der Waals surface area contributed by atoms with Gasteiger partial charge in [-0.25, -0.2) is 0 Å². The van der Waals surface area contributed by atoms with Crippen molar-refractivity contribution in [2.75, 3.05) is 0 Å². The number of Topliss-reactive ketones (excluding diaryl/α,β-unsaturated/α-hetero) is 1. The molecule has 1 unspecified atom stereocenters. The maximum absolute atomic E-state index is 13.4. The normalized spacial score (nSPS) is 26.9. The van der Waals surface area contributed by atoms with Crippen molar-refractivity contribution in [3.05, 3.63) is 0 Å². The summed E-state index contributed by atoms with van der Waals surface area (Å²) >= 11 is 0. The highest BCUT2D eigenvalue weighted by molar-refractivity contribution is 5.91. The molecule has 0 aliphatic heterocycles. The Labute approximate surface area is 126 Å². The van der Waals surface area contributed by atoms with Crippen molar-refractivity contribution >= 4 is 5.78 Å². The quantitative estimate of drug-likeness (QED) is 0.557. The molecule has 0 heterocycles. The Morgan fingerprint density at radius 3 is 1.45 bits per heavy atom. The molecule has 0 aromatic rings. The number of carbonyl (C=O) groups excluding carboxylic acids is 1. The monoisotopic (exact) mass is 280 g/mol. The third kappa shape index (κ3) is 1.70. The zero-order valence-electron chi connectivity index (χ0n) is 14.9. The lowest BCUT2D eigenvalue weighted by Gasteiger charge is -2.54. The van der Waals surface area contributed by atoms with Gasteiger partial charge in [0.15, 0.2) is 0 Å². The number of ketones is 1. The van der Waals surface area contributed by atoms with Gasteiger partial charge in [0.1, 0.15) is 5.78 Å². The van der Waals surface area contributed by atoms with Crippen LogP contribution in [0, 0.1) is 22.2 Å². The van der Waals surface area contributed by atoms with Gasteiger partial charge in [0, 0.05) is 11.3 Å². The molecule has 0 aromatic heterocycles. The highest BCUT2D eigenvalue weighted by atomic mass is 16.1. The average molecular weight is 280 g/mol. The fraction of sp³-hybridized carbons (Fsp3) is 0.947. The molecule has 1 aliphatic rings. The van der Waals surface area contributed by atoms with E-state index < -0.39 is 0 Å². The summed E-state index contributed by atoms with van der Waals surface area (Å²) < 4.78 is 0.